The number of amides is 2. The maximum atomic E-state index is 12.4. The predicted molar refractivity (Wildman–Crippen MR) is 103 cm³/mol. The number of benzene rings is 1. The van der Waals surface area contributed by atoms with Crippen LogP contribution in [0.1, 0.15) is 37.8 Å². The molecule has 2 amide bonds. The molecule has 1 aromatic carbocycles. The summed E-state index contributed by atoms with van der Waals surface area (Å²) in [6, 6.07) is 13.8. The second-order valence-electron chi connectivity index (χ2n) is 6.88. The van der Waals surface area contributed by atoms with Gasteiger partial charge in [0.2, 0.25) is 0 Å². The number of carbonyl (C=O) groups excluding carboxylic acids is 1. The lowest BCUT2D eigenvalue weighted by Crippen LogP contribution is -2.39. The lowest BCUT2D eigenvalue weighted by Gasteiger charge is -2.22. The Morgan fingerprint density at radius 2 is 1.92 bits per heavy atom. The number of urea groups is 1. The summed E-state index contributed by atoms with van der Waals surface area (Å²) in [5.74, 6) is 1.31. The quantitative estimate of drug-likeness (QED) is 0.745. The number of carbonyl (C=O) groups is 1. The van der Waals surface area contributed by atoms with Crippen molar-refractivity contribution >= 4 is 22.8 Å². The van der Waals surface area contributed by atoms with Crippen molar-refractivity contribution < 1.29 is 4.79 Å². The number of nitrogens with one attached hydrogen (secondary N) is 2. The zero-order valence-electron chi connectivity index (χ0n) is 14.9. The molecule has 2 aromatic heterocycles. The number of hydrogen-bond donors (Lipinski definition) is 2. The summed E-state index contributed by atoms with van der Waals surface area (Å²) in [4.78, 5) is 17.1. The Labute approximate surface area is 152 Å². The van der Waals surface area contributed by atoms with Crippen LogP contribution in [-0.2, 0) is 0 Å². The van der Waals surface area contributed by atoms with Crippen molar-refractivity contribution in [2.45, 2.75) is 45.1 Å². The van der Waals surface area contributed by atoms with E-state index < -0.39 is 0 Å². The standard InChI is InChI=1S/C20H23N5O/c1-14-13-19(23-20(26)21-16-8-3-2-4-9-16)25(24-14)18-12-11-15-7-5-6-10-17(15)22-18/h5-7,10-13,16H,2-4,8-9H2,1H3,(H2,21,23,26). The summed E-state index contributed by atoms with van der Waals surface area (Å²) < 4.78 is 1.68. The minimum Gasteiger partial charge on any atom is -0.335 e. The molecule has 0 atom stereocenters. The van der Waals surface area contributed by atoms with Crippen LogP contribution in [0.15, 0.2) is 42.5 Å². The molecule has 26 heavy (non-hydrogen) atoms. The van der Waals surface area contributed by atoms with Crippen LogP contribution in [-0.4, -0.2) is 26.8 Å². The first-order valence-corrected chi connectivity index (χ1v) is 9.19. The highest BCUT2D eigenvalue weighted by Crippen LogP contribution is 2.20. The van der Waals surface area contributed by atoms with Crippen LogP contribution < -0.4 is 10.6 Å². The maximum absolute atomic E-state index is 12.4. The van der Waals surface area contributed by atoms with E-state index in [1.165, 1.54) is 19.3 Å². The lowest BCUT2D eigenvalue weighted by atomic mass is 9.96. The number of aromatic nitrogens is 3. The largest absolute Gasteiger partial charge is 0.335 e. The molecule has 2 heterocycles. The van der Waals surface area contributed by atoms with Gasteiger partial charge in [-0.15, -0.1) is 0 Å². The summed E-state index contributed by atoms with van der Waals surface area (Å²) in [7, 11) is 0. The van der Waals surface area contributed by atoms with Gasteiger partial charge in [-0.3, -0.25) is 5.32 Å². The van der Waals surface area contributed by atoms with Gasteiger partial charge in [-0.25, -0.2) is 9.78 Å². The summed E-state index contributed by atoms with van der Waals surface area (Å²) in [6.07, 6.45) is 5.74. The molecular formula is C20H23N5O. The smallest absolute Gasteiger partial charge is 0.320 e. The van der Waals surface area contributed by atoms with Crippen LogP contribution >= 0.6 is 0 Å². The molecule has 0 spiro atoms. The van der Waals surface area contributed by atoms with E-state index in [4.69, 9.17) is 0 Å². The summed E-state index contributed by atoms with van der Waals surface area (Å²) in [5, 5.41) is 11.6. The lowest BCUT2D eigenvalue weighted by molar-refractivity contribution is 0.244. The first-order chi connectivity index (χ1) is 12.7. The topological polar surface area (TPSA) is 71.8 Å². The molecule has 3 aromatic rings. The highest BCUT2D eigenvalue weighted by atomic mass is 16.2. The number of hydrogen-bond acceptors (Lipinski definition) is 3. The number of anilines is 1. The van der Waals surface area contributed by atoms with Gasteiger partial charge in [0.15, 0.2) is 5.82 Å². The fourth-order valence-corrected chi connectivity index (χ4v) is 3.52. The molecule has 134 valence electrons. The third-order valence-electron chi connectivity index (χ3n) is 4.81. The number of fused-ring (bicyclic) bond motifs is 1. The van der Waals surface area contributed by atoms with Crippen molar-refractivity contribution in [1.29, 1.82) is 0 Å². The van der Waals surface area contributed by atoms with Crippen LogP contribution in [0.25, 0.3) is 16.7 Å². The van der Waals surface area contributed by atoms with Crippen molar-refractivity contribution in [1.82, 2.24) is 20.1 Å². The Balaban J connectivity index is 1.56. The van der Waals surface area contributed by atoms with Gasteiger partial charge in [-0.2, -0.15) is 9.78 Å². The second kappa shape index (κ2) is 7.15. The summed E-state index contributed by atoms with van der Waals surface area (Å²) in [6.45, 7) is 1.90. The van der Waals surface area contributed by atoms with E-state index in [0.717, 1.165) is 29.4 Å². The third-order valence-corrected chi connectivity index (χ3v) is 4.81. The van der Waals surface area contributed by atoms with Crippen LogP contribution in [0.2, 0.25) is 0 Å². The van der Waals surface area contributed by atoms with Gasteiger partial charge in [-0.05, 0) is 38.0 Å². The molecule has 6 nitrogen and oxygen atoms in total. The highest BCUT2D eigenvalue weighted by Gasteiger charge is 2.17. The molecule has 4 rings (SSSR count). The second-order valence-corrected chi connectivity index (χ2v) is 6.88. The van der Waals surface area contributed by atoms with Gasteiger partial charge < -0.3 is 5.32 Å². The van der Waals surface area contributed by atoms with Gasteiger partial charge in [-0.1, -0.05) is 37.5 Å². The van der Waals surface area contributed by atoms with Gasteiger partial charge >= 0.3 is 6.03 Å². The van der Waals surface area contributed by atoms with Gasteiger partial charge in [0.1, 0.15) is 5.82 Å². The molecular weight excluding hydrogens is 326 g/mol. The van der Waals surface area contributed by atoms with Gasteiger partial charge in [0.05, 0.1) is 11.2 Å². The van der Waals surface area contributed by atoms with E-state index >= 15 is 0 Å². The fourth-order valence-electron chi connectivity index (χ4n) is 3.52. The molecule has 1 aliphatic carbocycles. The van der Waals surface area contributed by atoms with Crippen molar-refractivity contribution in [3.63, 3.8) is 0 Å². The van der Waals surface area contributed by atoms with E-state index in [2.05, 4.69) is 20.7 Å². The average molecular weight is 349 g/mol. The normalized spacial score (nSPS) is 15.1. The SMILES string of the molecule is Cc1cc(NC(=O)NC2CCCCC2)n(-c2ccc3ccccc3n2)n1. The number of nitrogens with zero attached hydrogens (tertiary/aromatic N) is 3. The van der Waals surface area contributed by atoms with Crippen LogP contribution in [0.5, 0.6) is 0 Å². The van der Waals surface area contributed by atoms with Crippen LogP contribution in [0, 0.1) is 6.92 Å². The Morgan fingerprint density at radius 3 is 2.77 bits per heavy atom. The molecule has 1 aliphatic rings. The molecule has 0 saturated heterocycles. The van der Waals surface area contributed by atoms with Crippen molar-refractivity contribution in [2.75, 3.05) is 5.32 Å². The number of pyridine rings is 1. The van der Waals surface area contributed by atoms with Crippen LogP contribution in [0.4, 0.5) is 10.6 Å². The Bertz CT molecular complexity index is 927. The monoisotopic (exact) mass is 349 g/mol. The highest BCUT2D eigenvalue weighted by molar-refractivity contribution is 5.89. The van der Waals surface area contributed by atoms with E-state index in [9.17, 15) is 4.79 Å². The Morgan fingerprint density at radius 1 is 1.12 bits per heavy atom. The zero-order chi connectivity index (χ0) is 17.9. The van der Waals surface area contributed by atoms with Gasteiger partial charge in [0.25, 0.3) is 0 Å². The molecule has 6 heteroatoms. The predicted octanol–water partition coefficient (Wildman–Crippen LogP) is 4.18. The molecule has 0 aliphatic heterocycles. The molecule has 0 unspecified atom stereocenters. The van der Waals surface area contributed by atoms with Crippen molar-refractivity contribution in [3.05, 3.63) is 48.2 Å². The van der Waals surface area contributed by atoms with Crippen LogP contribution in [0.3, 0.4) is 0 Å². The summed E-state index contributed by atoms with van der Waals surface area (Å²) >= 11 is 0. The minimum atomic E-state index is -0.182. The fraction of sp³-hybridized carbons (Fsp3) is 0.350. The maximum Gasteiger partial charge on any atom is 0.320 e. The number of aryl methyl sites for hydroxylation is 1. The van der Waals surface area contributed by atoms with E-state index in [-0.39, 0.29) is 12.1 Å². The molecule has 1 fully saturated rings. The van der Waals surface area contributed by atoms with E-state index in [1.54, 1.807) is 4.68 Å². The zero-order valence-corrected chi connectivity index (χ0v) is 14.9. The Kier molecular flexibility index (Phi) is 4.56. The minimum absolute atomic E-state index is 0.182. The third kappa shape index (κ3) is 3.54. The molecule has 0 bridgehead atoms. The van der Waals surface area contributed by atoms with E-state index in [1.807, 2.05) is 49.4 Å². The number of rotatable bonds is 3. The van der Waals surface area contributed by atoms with Crippen molar-refractivity contribution in [2.24, 2.45) is 0 Å². The van der Waals surface area contributed by atoms with Gasteiger partial charge in [0, 0.05) is 17.5 Å². The molecule has 2 N–H and O–H groups in total. The first-order valence-electron chi connectivity index (χ1n) is 9.19. The van der Waals surface area contributed by atoms with E-state index in [0.29, 0.717) is 11.6 Å². The summed E-state index contributed by atoms with van der Waals surface area (Å²) in [5.41, 5.74) is 1.73. The average Bonchev–Trinajstić information content (AvgIpc) is 3.02. The Hall–Kier alpha value is -2.89. The van der Waals surface area contributed by atoms with Crippen molar-refractivity contribution in [3.8, 4) is 5.82 Å². The first kappa shape index (κ1) is 16.6. The molecule has 0 radical (unpaired) electrons. The molecule has 1 saturated carbocycles. The number of para-hydroxylation sites is 1.